The molecule has 0 aliphatic carbocycles. The third-order valence-electron chi connectivity index (χ3n) is 6.23. The Labute approximate surface area is 195 Å². The lowest BCUT2D eigenvalue weighted by molar-refractivity contribution is 0.276. The predicted molar refractivity (Wildman–Crippen MR) is 135 cm³/mol. The molecule has 0 unspecified atom stereocenters. The quantitative estimate of drug-likeness (QED) is 0.314. The van der Waals surface area contributed by atoms with Crippen molar-refractivity contribution < 1.29 is 9.16 Å². The van der Waals surface area contributed by atoms with Crippen molar-refractivity contribution in [2.75, 3.05) is 12.4 Å². The Hall–Kier alpha value is -3.23. The zero-order valence-electron chi connectivity index (χ0n) is 20.1. The van der Waals surface area contributed by atoms with E-state index in [1.807, 2.05) is 36.5 Å². The van der Waals surface area contributed by atoms with Gasteiger partial charge in [0.1, 0.15) is 5.75 Å². The fraction of sp³-hybridized carbons (Fsp3) is 0.320. The number of nitrogens with zero attached hydrogens (tertiary/aromatic N) is 3. The number of hydrogen-bond acceptors (Lipinski definition) is 6. The number of methoxy groups -OCH3 is 1. The fourth-order valence-corrected chi connectivity index (χ4v) is 4.16. The third-order valence-corrected chi connectivity index (χ3v) is 10.7. The van der Waals surface area contributed by atoms with Crippen molar-refractivity contribution in [3.8, 4) is 17.0 Å². The van der Waals surface area contributed by atoms with E-state index in [2.05, 4.69) is 60.4 Å². The molecule has 0 spiro atoms. The van der Waals surface area contributed by atoms with Gasteiger partial charge >= 0.3 is 0 Å². The highest BCUT2D eigenvalue weighted by Gasteiger charge is 2.37. The number of benzene rings is 2. The molecule has 172 valence electrons. The van der Waals surface area contributed by atoms with Gasteiger partial charge in [-0.05, 0) is 54.0 Å². The number of rotatable bonds is 7. The lowest BCUT2D eigenvalue weighted by Crippen LogP contribution is -2.40. The molecule has 0 fully saturated rings. The van der Waals surface area contributed by atoms with Crippen LogP contribution in [-0.2, 0) is 11.0 Å². The Kier molecular flexibility index (Phi) is 6.23. The van der Waals surface area contributed by atoms with Gasteiger partial charge in [0.25, 0.3) is 0 Å². The monoisotopic (exact) mass is 461 g/mol. The maximum Gasteiger partial charge on any atom is 0.192 e. The van der Waals surface area contributed by atoms with Gasteiger partial charge in [0, 0.05) is 29.2 Å². The molecule has 2 N–H and O–H groups in total. The van der Waals surface area contributed by atoms with Crippen LogP contribution in [0.3, 0.4) is 0 Å². The van der Waals surface area contributed by atoms with Crippen molar-refractivity contribution in [2.24, 2.45) is 0 Å². The van der Waals surface area contributed by atoms with E-state index in [0.29, 0.717) is 6.61 Å². The topological polar surface area (TPSA) is 85.0 Å². The first kappa shape index (κ1) is 22.9. The summed E-state index contributed by atoms with van der Waals surface area (Å²) in [7, 11) is -0.168. The summed E-state index contributed by atoms with van der Waals surface area (Å²) in [6, 6.07) is 12.1. The van der Waals surface area contributed by atoms with Crippen molar-refractivity contribution in [1.82, 2.24) is 20.2 Å². The van der Waals surface area contributed by atoms with Crippen LogP contribution in [0, 0.1) is 0 Å². The Bertz CT molecular complexity index is 1250. The maximum absolute atomic E-state index is 6.42. The van der Waals surface area contributed by atoms with Crippen LogP contribution < -0.4 is 10.1 Å². The van der Waals surface area contributed by atoms with Gasteiger partial charge in [-0.2, -0.15) is 5.10 Å². The SMILES string of the molecule is COc1cc(CO[Si](C)(C)C(C)(C)C)cc(Nc2ccc3ncc(-c4cn[nH]c4)nc3c2)c1. The molecule has 4 aromatic rings. The molecule has 0 saturated heterocycles. The van der Waals surface area contributed by atoms with Crippen LogP contribution in [0.4, 0.5) is 11.4 Å². The van der Waals surface area contributed by atoms with Crippen LogP contribution in [0.1, 0.15) is 26.3 Å². The van der Waals surface area contributed by atoms with Gasteiger partial charge in [-0.25, -0.2) is 4.98 Å². The molecule has 0 amide bonds. The average Bonchev–Trinajstić information content (AvgIpc) is 3.31. The van der Waals surface area contributed by atoms with Crippen LogP contribution in [0.15, 0.2) is 55.0 Å². The second-order valence-electron chi connectivity index (χ2n) is 9.69. The highest BCUT2D eigenvalue weighted by molar-refractivity contribution is 6.74. The van der Waals surface area contributed by atoms with Crippen LogP contribution in [0.2, 0.25) is 18.1 Å². The molecule has 2 heterocycles. The zero-order chi connectivity index (χ0) is 23.6. The second kappa shape index (κ2) is 8.96. The van der Waals surface area contributed by atoms with E-state index in [1.165, 1.54) is 0 Å². The van der Waals surface area contributed by atoms with E-state index in [9.17, 15) is 0 Å². The Morgan fingerprint density at radius 1 is 1.00 bits per heavy atom. The lowest BCUT2D eigenvalue weighted by atomic mass is 10.2. The first-order chi connectivity index (χ1) is 15.6. The van der Waals surface area contributed by atoms with Gasteiger partial charge in [-0.15, -0.1) is 0 Å². The summed E-state index contributed by atoms with van der Waals surface area (Å²) in [5, 5.41) is 10.5. The predicted octanol–water partition coefficient (Wildman–Crippen LogP) is 6.29. The summed E-state index contributed by atoms with van der Waals surface area (Å²) in [4.78, 5) is 9.28. The number of nitrogens with one attached hydrogen (secondary N) is 2. The highest BCUT2D eigenvalue weighted by Crippen LogP contribution is 2.37. The number of anilines is 2. The van der Waals surface area contributed by atoms with Crippen LogP contribution in [-0.4, -0.2) is 35.6 Å². The van der Waals surface area contributed by atoms with Gasteiger partial charge < -0.3 is 14.5 Å². The van der Waals surface area contributed by atoms with E-state index in [0.717, 1.165) is 45.0 Å². The summed E-state index contributed by atoms with van der Waals surface area (Å²) in [5.41, 5.74) is 6.25. The van der Waals surface area contributed by atoms with Crippen molar-refractivity contribution >= 4 is 30.7 Å². The largest absolute Gasteiger partial charge is 0.497 e. The minimum Gasteiger partial charge on any atom is -0.497 e. The smallest absolute Gasteiger partial charge is 0.192 e. The van der Waals surface area contributed by atoms with Gasteiger partial charge in [0.05, 0.1) is 42.8 Å². The van der Waals surface area contributed by atoms with E-state index >= 15 is 0 Å². The average molecular weight is 462 g/mol. The standard InChI is InChI=1S/C25H31N5O2Si/c1-25(2,3)33(5,6)32-16-17-9-20(11-21(10-17)31-4)29-19-7-8-22-23(12-19)30-24(15-26-22)18-13-27-28-14-18/h7-15,29H,16H2,1-6H3,(H,27,28). The van der Waals surface area contributed by atoms with Crippen molar-refractivity contribution in [3.05, 3.63) is 60.6 Å². The Balaban J connectivity index is 1.58. The normalized spacial score (nSPS) is 12.2. The minimum absolute atomic E-state index is 0.161. The number of hydrogen-bond donors (Lipinski definition) is 2. The zero-order valence-corrected chi connectivity index (χ0v) is 21.1. The van der Waals surface area contributed by atoms with E-state index < -0.39 is 8.32 Å². The summed E-state index contributed by atoms with van der Waals surface area (Å²) in [5.74, 6) is 0.789. The first-order valence-electron chi connectivity index (χ1n) is 11.0. The summed E-state index contributed by atoms with van der Waals surface area (Å²) >= 11 is 0. The van der Waals surface area contributed by atoms with Crippen LogP contribution in [0.5, 0.6) is 5.75 Å². The van der Waals surface area contributed by atoms with Gasteiger partial charge in [-0.3, -0.25) is 10.1 Å². The molecule has 8 heteroatoms. The van der Waals surface area contributed by atoms with E-state index in [-0.39, 0.29) is 5.04 Å². The number of ether oxygens (including phenoxy) is 1. The van der Waals surface area contributed by atoms with E-state index in [1.54, 1.807) is 19.5 Å². The molecule has 0 atom stereocenters. The third kappa shape index (κ3) is 5.23. The second-order valence-corrected chi connectivity index (χ2v) is 14.5. The van der Waals surface area contributed by atoms with Gasteiger partial charge in [-0.1, -0.05) is 20.8 Å². The molecular weight excluding hydrogens is 430 g/mol. The first-order valence-corrected chi connectivity index (χ1v) is 13.9. The maximum atomic E-state index is 6.42. The lowest BCUT2D eigenvalue weighted by Gasteiger charge is -2.36. The molecular formula is C25H31N5O2Si. The van der Waals surface area contributed by atoms with Gasteiger partial charge in [0.15, 0.2) is 8.32 Å². The van der Waals surface area contributed by atoms with Crippen molar-refractivity contribution in [1.29, 1.82) is 0 Å². The Morgan fingerprint density at radius 2 is 1.82 bits per heavy atom. The molecule has 33 heavy (non-hydrogen) atoms. The summed E-state index contributed by atoms with van der Waals surface area (Å²) in [6.45, 7) is 11.8. The molecule has 0 aliphatic heterocycles. The van der Waals surface area contributed by atoms with Crippen LogP contribution >= 0.6 is 0 Å². The van der Waals surface area contributed by atoms with Crippen molar-refractivity contribution in [3.63, 3.8) is 0 Å². The minimum atomic E-state index is -1.85. The molecule has 2 aromatic heterocycles. The summed E-state index contributed by atoms with van der Waals surface area (Å²) in [6.07, 6.45) is 5.31. The molecule has 4 rings (SSSR count). The van der Waals surface area contributed by atoms with E-state index in [4.69, 9.17) is 14.1 Å². The highest BCUT2D eigenvalue weighted by atomic mass is 28.4. The summed E-state index contributed by atoms with van der Waals surface area (Å²) < 4.78 is 12.0. The Morgan fingerprint density at radius 3 is 2.52 bits per heavy atom. The molecule has 0 saturated carbocycles. The molecule has 0 aliphatic rings. The fourth-order valence-electron chi connectivity index (χ4n) is 3.20. The number of aromatic nitrogens is 4. The van der Waals surface area contributed by atoms with Gasteiger partial charge in [0.2, 0.25) is 0 Å². The molecule has 2 aromatic carbocycles. The molecule has 7 nitrogen and oxygen atoms in total. The number of fused-ring (bicyclic) bond motifs is 1. The molecule has 0 bridgehead atoms. The number of aromatic amines is 1. The molecule has 0 radical (unpaired) electrons. The van der Waals surface area contributed by atoms with Crippen molar-refractivity contribution in [2.45, 2.75) is 45.5 Å². The number of H-pyrrole nitrogens is 1. The van der Waals surface area contributed by atoms with Crippen LogP contribution in [0.25, 0.3) is 22.3 Å².